The van der Waals surface area contributed by atoms with E-state index < -0.39 is 11.8 Å². The molecular weight excluding hydrogens is 256 g/mol. The van der Waals surface area contributed by atoms with Crippen molar-refractivity contribution in [2.75, 3.05) is 13.2 Å². The molecule has 0 aliphatic rings. The first-order valence-corrected chi connectivity index (χ1v) is 7.69. The van der Waals surface area contributed by atoms with Crippen molar-refractivity contribution >= 4 is 11.9 Å². The zero-order chi connectivity index (χ0) is 15.7. The molecule has 0 rings (SSSR count). The van der Waals surface area contributed by atoms with Crippen molar-refractivity contribution in [1.82, 2.24) is 0 Å². The van der Waals surface area contributed by atoms with Crippen LogP contribution in [0.2, 0.25) is 0 Å². The molecule has 4 nitrogen and oxygen atoms in total. The van der Waals surface area contributed by atoms with Gasteiger partial charge in [0.1, 0.15) is 0 Å². The molecule has 0 N–H and O–H groups in total. The molecule has 4 heteroatoms. The molecule has 0 fully saturated rings. The van der Waals surface area contributed by atoms with Gasteiger partial charge >= 0.3 is 11.9 Å². The number of carbonyl (C=O) groups is 2. The third-order valence-electron chi connectivity index (χ3n) is 3.26. The molecule has 118 valence electrons. The van der Waals surface area contributed by atoms with Crippen LogP contribution in [0.4, 0.5) is 0 Å². The minimum atomic E-state index is -0.439. The number of rotatable bonds is 9. The fraction of sp³-hybridized carbons (Fsp3) is 0.875. The Kier molecular flexibility index (Phi) is 9.26. The number of carbonyl (C=O) groups excluding carboxylic acids is 2. The summed E-state index contributed by atoms with van der Waals surface area (Å²) in [6, 6.07) is 0. The lowest BCUT2D eigenvalue weighted by molar-refractivity contribution is -0.165. The van der Waals surface area contributed by atoms with Crippen molar-refractivity contribution in [3.63, 3.8) is 0 Å². The first-order valence-electron chi connectivity index (χ1n) is 7.69. The zero-order valence-electron chi connectivity index (χ0n) is 13.8. The molecule has 2 unspecified atom stereocenters. The number of hydrogen-bond donors (Lipinski definition) is 0. The van der Waals surface area contributed by atoms with Gasteiger partial charge in [-0.05, 0) is 24.7 Å². The molecule has 0 aromatic carbocycles. The average Bonchev–Trinajstić information content (AvgIpc) is 2.38. The molecule has 0 radical (unpaired) electrons. The van der Waals surface area contributed by atoms with E-state index in [0.29, 0.717) is 13.2 Å². The summed E-state index contributed by atoms with van der Waals surface area (Å²) in [5, 5.41) is 0. The molecule has 0 amide bonds. The Bertz CT molecular complexity index is 267. The Morgan fingerprint density at radius 3 is 1.25 bits per heavy atom. The van der Waals surface area contributed by atoms with Gasteiger partial charge < -0.3 is 9.47 Å². The van der Waals surface area contributed by atoms with Crippen LogP contribution in [0.5, 0.6) is 0 Å². The first kappa shape index (κ1) is 18.9. The molecule has 0 bridgehead atoms. The zero-order valence-corrected chi connectivity index (χ0v) is 13.8. The Morgan fingerprint density at radius 2 is 1.05 bits per heavy atom. The van der Waals surface area contributed by atoms with Gasteiger partial charge in [0.2, 0.25) is 0 Å². The monoisotopic (exact) mass is 286 g/mol. The number of ether oxygens (including phenoxy) is 2. The molecule has 20 heavy (non-hydrogen) atoms. The second-order valence-corrected chi connectivity index (χ2v) is 5.87. The van der Waals surface area contributed by atoms with Gasteiger partial charge in [0.15, 0.2) is 0 Å². The van der Waals surface area contributed by atoms with E-state index in [-0.39, 0.29) is 23.8 Å². The summed E-state index contributed by atoms with van der Waals surface area (Å²) in [5.41, 5.74) is 0. The van der Waals surface area contributed by atoms with Crippen LogP contribution in [0.3, 0.4) is 0 Å². The Morgan fingerprint density at radius 1 is 0.750 bits per heavy atom. The van der Waals surface area contributed by atoms with Crippen LogP contribution in [0, 0.1) is 23.7 Å². The molecule has 0 aromatic heterocycles. The lowest BCUT2D eigenvalue weighted by Gasteiger charge is -2.29. The average molecular weight is 286 g/mol. The summed E-state index contributed by atoms with van der Waals surface area (Å²) in [5.74, 6) is -1.36. The van der Waals surface area contributed by atoms with Gasteiger partial charge in [-0.3, -0.25) is 9.59 Å². The van der Waals surface area contributed by atoms with E-state index in [2.05, 4.69) is 0 Å². The van der Waals surface area contributed by atoms with Crippen LogP contribution in [0.25, 0.3) is 0 Å². The largest absolute Gasteiger partial charge is 0.465 e. The van der Waals surface area contributed by atoms with E-state index in [0.717, 1.165) is 12.8 Å². The molecule has 0 spiro atoms. The van der Waals surface area contributed by atoms with Crippen LogP contribution in [0.1, 0.15) is 54.4 Å². The summed E-state index contributed by atoms with van der Waals surface area (Å²) >= 11 is 0. The van der Waals surface area contributed by atoms with Crippen molar-refractivity contribution in [1.29, 1.82) is 0 Å². The van der Waals surface area contributed by atoms with Crippen LogP contribution in [0.15, 0.2) is 0 Å². The Balaban J connectivity index is 5.04. The van der Waals surface area contributed by atoms with Gasteiger partial charge in [-0.2, -0.15) is 0 Å². The first-order chi connectivity index (χ1) is 9.36. The predicted molar refractivity (Wildman–Crippen MR) is 79.2 cm³/mol. The van der Waals surface area contributed by atoms with Gasteiger partial charge in [-0.1, -0.05) is 41.5 Å². The summed E-state index contributed by atoms with van der Waals surface area (Å²) in [7, 11) is 0. The van der Waals surface area contributed by atoms with Gasteiger partial charge in [0.05, 0.1) is 25.0 Å². The van der Waals surface area contributed by atoms with E-state index >= 15 is 0 Å². The maximum absolute atomic E-state index is 12.2. The van der Waals surface area contributed by atoms with E-state index in [9.17, 15) is 9.59 Å². The van der Waals surface area contributed by atoms with Gasteiger partial charge in [0.25, 0.3) is 0 Å². The Hall–Kier alpha value is -1.06. The molecule has 0 saturated carbocycles. The number of hydrogen-bond acceptors (Lipinski definition) is 4. The highest BCUT2D eigenvalue weighted by Crippen LogP contribution is 2.30. The molecule has 0 aliphatic heterocycles. The van der Waals surface area contributed by atoms with Crippen LogP contribution < -0.4 is 0 Å². The van der Waals surface area contributed by atoms with Crippen molar-refractivity contribution < 1.29 is 19.1 Å². The van der Waals surface area contributed by atoms with Gasteiger partial charge in [0, 0.05) is 0 Å². The van der Waals surface area contributed by atoms with E-state index in [1.807, 2.05) is 41.5 Å². The summed E-state index contributed by atoms with van der Waals surface area (Å²) in [4.78, 5) is 24.5. The highest BCUT2D eigenvalue weighted by molar-refractivity contribution is 5.82. The number of esters is 2. The maximum atomic E-state index is 12.2. The third-order valence-corrected chi connectivity index (χ3v) is 3.26. The second-order valence-electron chi connectivity index (χ2n) is 5.87. The second kappa shape index (κ2) is 9.78. The normalized spacial score (nSPS) is 14.2. The quantitative estimate of drug-likeness (QED) is 0.609. The molecule has 0 heterocycles. The standard InChI is InChI=1S/C16H30O4/c1-7-9-19-15(17)13(11(3)4)14(12(5)6)16(18)20-10-8-2/h11-14H,7-10H2,1-6H3. The third kappa shape index (κ3) is 5.93. The molecule has 0 aliphatic carbocycles. The SMILES string of the molecule is CCCOC(=O)C(C(C)C)C(C(=O)OCCC)C(C)C. The molecule has 0 aromatic rings. The van der Waals surface area contributed by atoms with Crippen molar-refractivity contribution in [2.24, 2.45) is 23.7 Å². The van der Waals surface area contributed by atoms with Crippen molar-refractivity contribution in [3.8, 4) is 0 Å². The molecule has 0 saturated heterocycles. The molecule has 2 atom stereocenters. The summed E-state index contributed by atoms with van der Waals surface area (Å²) < 4.78 is 10.5. The topological polar surface area (TPSA) is 52.6 Å². The summed E-state index contributed by atoms with van der Waals surface area (Å²) in [6.45, 7) is 12.5. The lowest BCUT2D eigenvalue weighted by atomic mass is 9.77. The van der Waals surface area contributed by atoms with E-state index in [1.165, 1.54) is 0 Å². The van der Waals surface area contributed by atoms with Gasteiger partial charge in [-0.15, -0.1) is 0 Å². The fourth-order valence-electron chi connectivity index (χ4n) is 2.26. The minimum Gasteiger partial charge on any atom is -0.465 e. The van der Waals surface area contributed by atoms with E-state index in [1.54, 1.807) is 0 Å². The lowest BCUT2D eigenvalue weighted by Crippen LogP contribution is -2.39. The van der Waals surface area contributed by atoms with Crippen LogP contribution in [-0.2, 0) is 19.1 Å². The Labute approximate surface area is 123 Å². The molecular formula is C16H30O4. The maximum Gasteiger partial charge on any atom is 0.310 e. The summed E-state index contributed by atoms with van der Waals surface area (Å²) in [6.07, 6.45) is 1.56. The highest BCUT2D eigenvalue weighted by atomic mass is 16.5. The van der Waals surface area contributed by atoms with Crippen molar-refractivity contribution in [2.45, 2.75) is 54.4 Å². The highest BCUT2D eigenvalue weighted by Gasteiger charge is 2.39. The van der Waals surface area contributed by atoms with Crippen molar-refractivity contribution in [3.05, 3.63) is 0 Å². The minimum absolute atomic E-state index is 0.0425. The van der Waals surface area contributed by atoms with Gasteiger partial charge in [-0.25, -0.2) is 0 Å². The smallest absolute Gasteiger partial charge is 0.310 e. The predicted octanol–water partition coefficient (Wildman–Crippen LogP) is 3.44. The van der Waals surface area contributed by atoms with Crippen LogP contribution >= 0.6 is 0 Å². The van der Waals surface area contributed by atoms with Crippen LogP contribution in [-0.4, -0.2) is 25.2 Å². The van der Waals surface area contributed by atoms with E-state index in [4.69, 9.17) is 9.47 Å². The fourth-order valence-corrected chi connectivity index (χ4v) is 2.26.